The van der Waals surface area contributed by atoms with Crippen molar-refractivity contribution in [1.29, 1.82) is 0 Å². The van der Waals surface area contributed by atoms with Crippen LogP contribution in [0.2, 0.25) is 0 Å². The molecule has 2 saturated heterocycles. The van der Waals surface area contributed by atoms with E-state index in [-0.39, 0.29) is 36.4 Å². The van der Waals surface area contributed by atoms with Gasteiger partial charge in [0.2, 0.25) is 0 Å². The Labute approximate surface area is 294 Å². The Morgan fingerprint density at radius 3 is 1.53 bits per heavy atom. The summed E-state index contributed by atoms with van der Waals surface area (Å²) in [5.41, 5.74) is 2.16. The average molecular weight is 763 g/mol. The molecule has 0 radical (unpaired) electrons. The molecule has 2 heterocycles. The van der Waals surface area contributed by atoms with Gasteiger partial charge in [-0.15, -0.1) is 0 Å². The van der Waals surface area contributed by atoms with Crippen molar-refractivity contribution >= 4 is 34.5 Å². The molecule has 0 amide bonds. The van der Waals surface area contributed by atoms with Crippen molar-refractivity contribution in [2.45, 2.75) is 103 Å². The van der Waals surface area contributed by atoms with Crippen LogP contribution in [0.25, 0.3) is 0 Å². The van der Waals surface area contributed by atoms with E-state index in [1.807, 2.05) is 72.5 Å². The van der Waals surface area contributed by atoms with Crippen molar-refractivity contribution in [2.24, 2.45) is 0 Å². The quantitative estimate of drug-likeness (QED) is 0.101. The van der Waals surface area contributed by atoms with Crippen LogP contribution in [0.4, 0.5) is 0 Å². The summed E-state index contributed by atoms with van der Waals surface area (Å²) in [6.45, 7) is 8.09. The van der Waals surface area contributed by atoms with Crippen LogP contribution in [0.3, 0.4) is 0 Å². The molecule has 2 unspecified atom stereocenters. The minimum Gasteiger partial charge on any atom is -0.466 e. The largest absolute Gasteiger partial charge is 0.466 e. The van der Waals surface area contributed by atoms with Crippen LogP contribution in [-0.2, 0) is 28.5 Å². The van der Waals surface area contributed by atoms with Crippen molar-refractivity contribution in [3.8, 4) is 11.5 Å². The third-order valence-corrected chi connectivity index (χ3v) is 8.14. The van der Waals surface area contributed by atoms with Gasteiger partial charge in [-0.2, -0.15) is 0 Å². The van der Waals surface area contributed by atoms with Crippen LogP contribution in [0.1, 0.15) is 102 Å². The highest BCUT2D eigenvalue weighted by molar-refractivity contribution is 14.1. The molecule has 0 N–H and O–H groups in total. The van der Waals surface area contributed by atoms with E-state index in [4.69, 9.17) is 28.4 Å². The smallest absolute Gasteiger partial charge is 0.306 e. The van der Waals surface area contributed by atoms with E-state index < -0.39 is 0 Å². The molecule has 2 aliphatic heterocycles. The fourth-order valence-electron chi connectivity index (χ4n) is 5.28. The molecule has 2 fully saturated rings. The van der Waals surface area contributed by atoms with E-state index in [0.29, 0.717) is 26.1 Å². The lowest BCUT2D eigenvalue weighted by molar-refractivity contribution is -0.144. The lowest BCUT2D eigenvalue weighted by Gasteiger charge is -2.23. The first kappa shape index (κ1) is 38.6. The predicted octanol–water partition coefficient (Wildman–Crippen LogP) is 9.17. The number of rotatable bonds is 15. The summed E-state index contributed by atoms with van der Waals surface area (Å²) in [6.07, 6.45) is 13.9. The number of halogens is 1. The molecule has 2 aliphatic rings. The Morgan fingerprint density at radius 2 is 1.17 bits per heavy atom. The van der Waals surface area contributed by atoms with E-state index in [2.05, 4.69) is 41.7 Å². The van der Waals surface area contributed by atoms with E-state index in [0.717, 1.165) is 80.8 Å². The minimum atomic E-state index is -0.178. The number of ether oxygens (including phenoxy) is 6. The number of benzene rings is 2. The molecule has 2 aromatic carbocycles. The summed E-state index contributed by atoms with van der Waals surface area (Å²) < 4.78 is 34.9. The number of hydrogen-bond acceptors (Lipinski definition) is 8. The Kier molecular flexibility index (Phi) is 18.6. The van der Waals surface area contributed by atoms with Crippen molar-refractivity contribution in [1.82, 2.24) is 0 Å². The van der Waals surface area contributed by atoms with Crippen LogP contribution in [0.15, 0.2) is 70.8 Å². The van der Waals surface area contributed by atoms with Gasteiger partial charge in [0.15, 0.2) is 12.6 Å². The van der Waals surface area contributed by atoms with Crippen LogP contribution in [-0.4, -0.2) is 50.9 Å². The molecule has 4 atom stereocenters. The number of carbonyl (C=O) groups is 2. The molecule has 9 heteroatoms. The third kappa shape index (κ3) is 14.8. The Balaban J connectivity index is 0.000000256. The average Bonchev–Trinajstić information content (AvgIpc) is 3.09. The van der Waals surface area contributed by atoms with Gasteiger partial charge in [-0.3, -0.25) is 9.59 Å². The monoisotopic (exact) mass is 762 g/mol. The lowest BCUT2D eigenvalue weighted by atomic mass is 9.95. The summed E-state index contributed by atoms with van der Waals surface area (Å²) >= 11 is 2.17. The molecule has 0 saturated carbocycles. The first-order valence-electron chi connectivity index (χ1n) is 17.0. The topological polar surface area (TPSA) is 89.5 Å². The second kappa shape index (κ2) is 22.6. The van der Waals surface area contributed by atoms with Crippen molar-refractivity contribution < 1.29 is 38.0 Å². The van der Waals surface area contributed by atoms with Gasteiger partial charge in [-0.05, 0) is 85.4 Å². The number of hydrogen-bond donors (Lipinski definition) is 0. The molecule has 0 aliphatic carbocycles. The molecule has 0 bridgehead atoms. The van der Waals surface area contributed by atoms with Gasteiger partial charge < -0.3 is 28.4 Å². The van der Waals surface area contributed by atoms with Gasteiger partial charge in [0, 0.05) is 24.7 Å². The van der Waals surface area contributed by atoms with Gasteiger partial charge in [-0.25, -0.2) is 0 Å². The van der Waals surface area contributed by atoms with Crippen molar-refractivity contribution in [2.75, 3.05) is 26.4 Å². The second-order valence-electron chi connectivity index (χ2n) is 11.4. The van der Waals surface area contributed by atoms with Gasteiger partial charge >= 0.3 is 11.9 Å². The van der Waals surface area contributed by atoms with Gasteiger partial charge in [0.25, 0.3) is 0 Å². The van der Waals surface area contributed by atoms with Gasteiger partial charge in [-0.1, -0.05) is 72.0 Å². The summed E-state index contributed by atoms with van der Waals surface area (Å²) in [5, 5.41) is 0. The third-order valence-electron chi connectivity index (χ3n) is 7.72. The minimum absolute atomic E-state index is 0.0194. The zero-order chi connectivity index (χ0) is 33.7. The molecule has 0 spiro atoms. The second-order valence-corrected chi connectivity index (χ2v) is 12.1. The Morgan fingerprint density at radius 1 is 0.723 bits per heavy atom. The predicted molar refractivity (Wildman–Crippen MR) is 192 cm³/mol. The SMILES string of the molecule is CC/C=C/[C@H](CC(=O)OCC)c1ccc(OC2CCCCO2)cc1.CCOC(=O)C[C@@H](/C=C/I)c1ccc(OC2CCCCO2)cc1. The van der Waals surface area contributed by atoms with Crippen LogP contribution in [0.5, 0.6) is 11.5 Å². The van der Waals surface area contributed by atoms with E-state index in [1.165, 1.54) is 0 Å². The van der Waals surface area contributed by atoms with Gasteiger partial charge in [0.05, 0.1) is 39.3 Å². The maximum absolute atomic E-state index is 11.8. The highest BCUT2D eigenvalue weighted by Crippen LogP contribution is 2.28. The number of carbonyl (C=O) groups excluding carboxylic acids is 2. The first-order valence-corrected chi connectivity index (χ1v) is 18.2. The van der Waals surface area contributed by atoms with E-state index in [1.54, 1.807) is 0 Å². The fraction of sp³-hybridized carbons (Fsp3) is 0.526. The maximum Gasteiger partial charge on any atom is 0.306 e. The molecule has 4 rings (SSSR count). The Bertz CT molecular complexity index is 1220. The molecular weight excluding hydrogens is 711 g/mol. The number of allylic oxidation sites excluding steroid dienone is 3. The molecule has 258 valence electrons. The zero-order valence-corrected chi connectivity index (χ0v) is 30.2. The van der Waals surface area contributed by atoms with Crippen LogP contribution < -0.4 is 9.47 Å². The molecular formula is C38H51IO8. The van der Waals surface area contributed by atoms with Crippen LogP contribution >= 0.6 is 22.6 Å². The lowest BCUT2D eigenvalue weighted by Crippen LogP contribution is -2.24. The summed E-state index contributed by atoms with van der Waals surface area (Å²) in [6, 6.07) is 15.8. The first-order chi connectivity index (χ1) is 22.9. The van der Waals surface area contributed by atoms with Crippen molar-refractivity contribution in [3.63, 3.8) is 0 Å². The normalized spacial score (nSPS) is 19.3. The van der Waals surface area contributed by atoms with Crippen molar-refractivity contribution in [3.05, 3.63) is 82.0 Å². The van der Waals surface area contributed by atoms with Gasteiger partial charge in [0.1, 0.15) is 11.5 Å². The molecule has 0 aromatic heterocycles. The molecule has 8 nitrogen and oxygen atoms in total. The highest BCUT2D eigenvalue weighted by Gasteiger charge is 2.19. The zero-order valence-electron chi connectivity index (χ0n) is 28.1. The van der Waals surface area contributed by atoms with E-state index >= 15 is 0 Å². The number of esters is 2. The maximum atomic E-state index is 11.8. The van der Waals surface area contributed by atoms with E-state index in [9.17, 15) is 9.59 Å². The summed E-state index contributed by atoms with van der Waals surface area (Å²) in [4.78, 5) is 23.6. The molecule has 47 heavy (non-hydrogen) atoms. The standard InChI is InChI=1S/C20H28O4.C18H23IO4/c1-3-5-8-17(15-19(21)22-4-2)16-10-12-18(13-11-16)24-20-9-6-7-14-23-20;1-2-21-17(20)13-15(10-11-19)14-6-8-16(9-7-14)23-18-5-3-4-12-22-18/h5,8,10-13,17,20H,3-4,6-7,9,14-15H2,1-2H3;6-11,15,18H,2-5,12-13H2,1H3/b8-5+;11-10+/t17-,20?;15-,18?/m11/s1. The molecule has 2 aromatic rings. The highest BCUT2D eigenvalue weighted by atomic mass is 127. The summed E-state index contributed by atoms with van der Waals surface area (Å²) in [5.74, 6) is 1.31. The fourth-order valence-corrected chi connectivity index (χ4v) is 5.78. The Hall–Kier alpha value is -2.89. The van der Waals surface area contributed by atoms with Crippen LogP contribution in [0, 0.1) is 0 Å². The summed E-state index contributed by atoms with van der Waals surface area (Å²) in [7, 11) is 0.